The molecule has 1 unspecified atom stereocenters. The summed E-state index contributed by atoms with van der Waals surface area (Å²) < 4.78 is 33.1. The third-order valence-corrected chi connectivity index (χ3v) is 5.50. The summed E-state index contributed by atoms with van der Waals surface area (Å²) in [6, 6.07) is 0. The molecule has 0 saturated carbocycles. The lowest BCUT2D eigenvalue weighted by atomic mass is 10.2. The first-order valence-electron chi connectivity index (χ1n) is 6.58. The highest BCUT2D eigenvalue weighted by Gasteiger charge is 2.36. The first-order chi connectivity index (χ1) is 9.16. The van der Waals surface area contributed by atoms with Gasteiger partial charge in [0.1, 0.15) is 6.17 Å². The van der Waals surface area contributed by atoms with E-state index in [2.05, 4.69) is 4.99 Å². The Morgan fingerprint density at radius 2 is 1.84 bits per heavy atom. The molecule has 2 aliphatic heterocycles. The highest BCUT2D eigenvalue weighted by Crippen LogP contribution is 2.23. The second-order valence-electron chi connectivity index (χ2n) is 4.68. The monoisotopic (exact) mass is 289 g/mol. The Kier molecular flexibility index (Phi) is 5.06. The van der Waals surface area contributed by atoms with Crippen molar-refractivity contribution in [1.82, 2.24) is 8.61 Å². The van der Waals surface area contributed by atoms with Gasteiger partial charge in [-0.1, -0.05) is 6.42 Å². The maximum absolute atomic E-state index is 12.6. The molecular formula is C11H19N3O4S. The maximum atomic E-state index is 12.6. The van der Waals surface area contributed by atoms with Gasteiger partial charge >= 0.3 is 0 Å². The predicted molar refractivity (Wildman–Crippen MR) is 68.4 cm³/mol. The van der Waals surface area contributed by atoms with E-state index in [9.17, 15) is 13.2 Å². The Hall–Kier alpha value is -0.790. The van der Waals surface area contributed by atoms with Crippen molar-refractivity contribution in [1.29, 1.82) is 0 Å². The Bertz CT molecular complexity index is 441. The highest BCUT2D eigenvalue weighted by atomic mass is 32.2. The van der Waals surface area contributed by atoms with Gasteiger partial charge in [-0.15, -0.1) is 0 Å². The van der Waals surface area contributed by atoms with Crippen LogP contribution in [0.25, 0.3) is 0 Å². The average molecular weight is 289 g/mol. The molecule has 0 N–H and O–H groups in total. The molecule has 8 heteroatoms. The quantitative estimate of drug-likeness (QED) is 0.545. The van der Waals surface area contributed by atoms with Gasteiger partial charge in [-0.2, -0.15) is 22.0 Å². The highest BCUT2D eigenvalue weighted by molar-refractivity contribution is 7.86. The Morgan fingerprint density at radius 3 is 2.53 bits per heavy atom. The third kappa shape index (κ3) is 3.40. The number of hydrogen-bond acceptors (Lipinski definition) is 5. The Labute approximate surface area is 113 Å². The number of ether oxygens (including phenoxy) is 1. The minimum atomic E-state index is -3.57. The van der Waals surface area contributed by atoms with Crippen LogP contribution in [0.3, 0.4) is 0 Å². The van der Waals surface area contributed by atoms with Crippen molar-refractivity contribution >= 4 is 16.3 Å². The Balaban J connectivity index is 2.21. The minimum Gasteiger partial charge on any atom is -0.379 e. The van der Waals surface area contributed by atoms with Crippen molar-refractivity contribution in [3.05, 3.63) is 0 Å². The second-order valence-corrected chi connectivity index (χ2v) is 6.56. The van der Waals surface area contributed by atoms with Crippen molar-refractivity contribution < 1.29 is 17.9 Å². The minimum absolute atomic E-state index is 0.357. The SMILES string of the molecule is O=C=NC1CCCCCN1S(=O)(=O)N1CCOCC1. The van der Waals surface area contributed by atoms with E-state index in [1.165, 1.54) is 14.7 Å². The molecular weight excluding hydrogens is 270 g/mol. The third-order valence-electron chi connectivity index (χ3n) is 3.47. The molecule has 2 saturated heterocycles. The Morgan fingerprint density at radius 1 is 1.11 bits per heavy atom. The smallest absolute Gasteiger partial charge is 0.284 e. The van der Waals surface area contributed by atoms with Crippen LogP contribution in [0.1, 0.15) is 25.7 Å². The van der Waals surface area contributed by atoms with Gasteiger partial charge in [-0.25, -0.2) is 4.79 Å². The molecule has 7 nitrogen and oxygen atoms in total. The number of isocyanates is 1. The molecule has 0 aliphatic carbocycles. The van der Waals surface area contributed by atoms with Crippen molar-refractivity contribution in [2.24, 2.45) is 4.99 Å². The van der Waals surface area contributed by atoms with Gasteiger partial charge in [0.25, 0.3) is 10.2 Å². The molecule has 0 amide bonds. The topological polar surface area (TPSA) is 79.3 Å². The predicted octanol–water partition coefficient (Wildman–Crippen LogP) is 0.101. The van der Waals surface area contributed by atoms with Crippen LogP contribution in [0.15, 0.2) is 4.99 Å². The fourth-order valence-electron chi connectivity index (χ4n) is 2.45. The van der Waals surface area contributed by atoms with E-state index in [0.717, 1.165) is 19.3 Å². The largest absolute Gasteiger partial charge is 0.379 e. The van der Waals surface area contributed by atoms with Gasteiger partial charge in [-0.3, -0.25) is 0 Å². The van der Waals surface area contributed by atoms with E-state index in [1.54, 1.807) is 0 Å². The maximum Gasteiger partial charge on any atom is 0.284 e. The van der Waals surface area contributed by atoms with Crippen LogP contribution >= 0.6 is 0 Å². The van der Waals surface area contributed by atoms with E-state index in [0.29, 0.717) is 39.3 Å². The van der Waals surface area contributed by atoms with Crippen LogP contribution in [-0.2, 0) is 19.7 Å². The normalized spacial score (nSPS) is 27.5. The molecule has 108 valence electrons. The van der Waals surface area contributed by atoms with Crippen LogP contribution in [0.4, 0.5) is 0 Å². The number of carbonyl (C=O) groups excluding carboxylic acids is 1. The summed E-state index contributed by atoms with van der Waals surface area (Å²) in [5, 5.41) is 0. The summed E-state index contributed by atoms with van der Waals surface area (Å²) in [4.78, 5) is 14.2. The first-order valence-corrected chi connectivity index (χ1v) is 7.97. The van der Waals surface area contributed by atoms with Gasteiger partial charge in [0, 0.05) is 19.6 Å². The molecule has 2 aliphatic rings. The van der Waals surface area contributed by atoms with Gasteiger partial charge < -0.3 is 4.74 Å². The number of nitrogens with zero attached hydrogens (tertiary/aromatic N) is 3. The number of hydrogen-bond donors (Lipinski definition) is 0. The lowest BCUT2D eigenvalue weighted by Crippen LogP contribution is -2.51. The summed E-state index contributed by atoms with van der Waals surface area (Å²) in [6.07, 6.45) is 4.11. The number of morpholine rings is 1. The van der Waals surface area contributed by atoms with Gasteiger partial charge in [0.15, 0.2) is 0 Å². The summed E-state index contributed by atoms with van der Waals surface area (Å²) in [5.41, 5.74) is 0. The number of rotatable bonds is 3. The van der Waals surface area contributed by atoms with E-state index >= 15 is 0 Å². The van der Waals surface area contributed by atoms with Crippen LogP contribution in [0, 0.1) is 0 Å². The van der Waals surface area contributed by atoms with Gasteiger partial charge in [0.2, 0.25) is 6.08 Å². The van der Waals surface area contributed by atoms with E-state index in [-0.39, 0.29) is 0 Å². The molecule has 0 aromatic carbocycles. The van der Waals surface area contributed by atoms with Gasteiger partial charge in [0.05, 0.1) is 13.2 Å². The lowest BCUT2D eigenvalue weighted by molar-refractivity contribution is 0.0693. The van der Waals surface area contributed by atoms with Crippen molar-refractivity contribution in [2.75, 3.05) is 32.8 Å². The van der Waals surface area contributed by atoms with Crippen LogP contribution < -0.4 is 0 Å². The molecule has 0 aromatic heterocycles. The molecule has 0 aromatic rings. The first kappa shape index (κ1) is 14.6. The zero-order chi connectivity index (χ0) is 13.7. The standard InChI is InChI=1S/C11H19N3O4S/c15-10-12-11-4-2-1-3-5-14(11)19(16,17)13-6-8-18-9-7-13/h11H,1-9H2. The van der Waals surface area contributed by atoms with Crippen molar-refractivity contribution in [3.8, 4) is 0 Å². The molecule has 0 bridgehead atoms. The van der Waals surface area contributed by atoms with Crippen LogP contribution in [-0.4, -0.2) is 62.1 Å². The van der Waals surface area contributed by atoms with E-state index in [4.69, 9.17) is 4.74 Å². The van der Waals surface area contributed by atoms with Crippen molar-refractivity contribution in [2.45, 2.75) is 31.8 Å². The molecule has 19 heavy (non-hydrogen) atoms. The summed E-state index contributed by atoms with van der Waals surface area (Å²) in [5.74, 6) is 0. The van der Waals surface area contributed by atoms with E-state index < -0.39 is 16.4 Å². The van der Waals surface area contributed by atoms with Crippen molar-refractivity contribution in [3.63, 3.8) is 0 Å². The van der Waals surface area contributed by atoms with Crippen LogP contribution in [0.5, 0.6) is 0 Å². The molecule has 1 atom stereocenters. The average Bonchev–Trinajstić information content (AvgIpc) is 2.66. The summed E-state index contributed by atoms with van der Waals surface area (Å²) in [6.45, 7) is 1.95. The molecule has 0 radical (unpaired) electrons. The summed E-state index contributed by atoms with van der Waals surface area (Å²) in [7, 11) is -3.57. The summed E-state index contributed by atoms with van der Waals surface area (Å²) >= 11 is 0. The molecule has 2 heterocycles. The zero-order valence-corrected chi connectivity index (χ0v) is 11.6. The lowest BCUT2D eigenvalue weighted by Gasteiger charge is -2.33. The zero-order valence-electron chi connectivity index (χ0n) is 10.8. The molecule has 2 fully saturated rings. The number of aliphatic imine (C=N–C) groups is 1. The second kappa shape index (κ2) is 6.58. The fourth-order valence-corrected chi connectivity index (χ4v) is 4.18. The fraction of sp³-hybridized carbons (Fsp3) is 0.909. The molecule has 0 spiro atoms. The van der Waals surface area contributed by atoms with Gasteiger partial charge in [-0.05, 0) is 19.3 Å². The molecule has 2 rings (SSSR count). The van der Waals surface area contributed by atoms with E-state index in [1.807, 2.05) is 0 Å². The van der Waals surface area contributed by atoms with Crippen LogP contribution in [0.2, 0.25) is 0 Å².